The number of aromatic nitrogens is 1. The van der Waals surface area contributed by atoms with Crippen LogP contribution in [-0.2, 0) is 9.53 Å². The summed E-state index contributed by atoms with van der Waals surface area (Å²) in [6.45, 7) is -0.479. The minimum Gasteiger partial charge on any atom is -0.452 e. The molecule has 0 unspecified atom stereocenters. The molecule has 0 aliphatic rings. The van der Waals surface area contributed by atoms with E-state index in [2.05, 4.69) is 10.3 Å². The van der Waals surface area contributed by atoms with Gasteiger partial charge in [0.1, 0.15) is 0 Å². The molecule has 128 valence electrons. The van der Waals surface area contributed by atoms with Crippen LogP contribution in [-0.4, -0.2) is 23.5 Å². The highest BCUT2D eigenvalue weighted by atomic mass is 35.5. The molecule has 0 saturated carbocycles. The van der Waals surface area contributed by atoms with Crippen LogP contribution in [0.4, 0.5) is 5.69 Å². The molecule has 1 amide bonds. The van der Waals surface area contributed by atoms with Gasteiger partial charge >= 0.3 is 5.97 Å². The van der Waals surface area contributed by atoms with Gasteiger partial charge in [-0.3, -0.25) is 4.79 Å². The molecule has 0 spiro atoms. The molecular weight excluding hydrogens is 387 g/mol. The first kappa shape index (κ1) is 17.6. The number of halogens is 3. The monoisotopic (exact) mass is 396 g/mol. The Morgan fingerprint density at radius 1 is 1.08 bits per heavy atom. The zero-order valence-corrected chi connectivity index (χ0v) is 14.9. The highest BCUT2D eigenvalue weighted by molar-refractivity contribution is 6.42. The molecule has 0 fully saturated rings. The standard InChI is InChI=1S/C17H11Cl3N2O3/c18-9-5-12(19)16(13(20)6-9)22-15(23)8-25-17(24)11-7-21-14-4-2-1-3-10(11)14/h1-7,21H,8H2,(H,22,23). The number of aromatic amines is 1. The number of carbonyl (C=O) groups excluding carboxylic acids is 2. The lowest BCUT2D eigenvalue weighted by Gasteiger charge is -2.10. The van der Waals surface area contributed by atoms with E-state index in [1.54, 1.807) is 6.07 Å². The van der Waals surface area contributed by atoms with Gasteiger partial charge in [-0.25, -0.2) is 4.79 Å². The number of fused-ring (bicyclic) bond motifs is 1. The van der Waals surface area contributed by atoms with E-state index in [1.165, 1.54) is 18.3 Å². The lowest BCUT2D eigenvalue weighted by molar-refractivity contribution is -0.119. The maximum Gasteiger partial charge on any atom is 0.340 e. The highest BCUT2D eigenvalue weighted by Gasteiger charge is 2.16. The van der Waals surface area contributed by atoms with Crippen molar-refractivity contribution < 1.29 is 14.3 Å². The van der Waals surface area contributed by atoms with Gasteiger partial charge in [0, 0.05) is 22.1 Å². The van der Waals surface area contributed by atoms with Crippen molar-refractivity contribution in [3.05, 3.63) is 63.2 Å². The second-order valence-electron chi connectivity index (χ2n) is 5.12. The number of anilines is 1. The first-order valence-electron chi connectivity index (χ1n) is 7.13. The summed E-state index contributed by atoms with van der Waals surface area (Å²) in [7, 11) is 0. The molecule has 0 aliphatic heterocycles. The second-order valence-corrected chi connectivity index (χ2v) is 6.37. The number of rotatable bonds is 4. The van der Waals surface area contributed by atoms with Crippen molar-refractivity contribution in [2.24, 2.45) is 0 Å². The number of H-pyrrole nitrogens is 1. The van der Waals surface area contributed by atoms with Gasteiger partial charge in [-0.2, -0.15) is 0 Å². The third kappa shape index (κ3) is 3.90. The van der Waals surface area contributed by atoms with Crippen molar-refractivity contribution in [1.29, 1.82) is 0 Å². The summed E-state index contributed by atoms with van der Waals surface area (Å²) in [4.78, 5) is 27.1. The van der Waals surface area contributed by atoms with Crippen LogP contribution in [0.2, 0.25) is 15.1 Å². The number of para-hydroxylation sites is 1. The fourth-order valence-electron chi connectivity index (χ4n) is 2.29. The van der Waals surface area contributed by atoms with Gasteiger partial charge in [-0.1, -0.05) is 53.0 Å². The highest BCUT2D eigenvalue weighted by Crippen LogP contribution is 2.33. The SMILES string of the molecule is O=C(COC(=O)c1c[nH]c2ccccc12)Nc1c(Cl)cc(Cl)cc1Cl. The number of hydrogen-bond acceptors (Lipinski definition) is 3. The Labute approximate surface area is 157 Å². The molecular formula is C17H11Cl3N2O3. The topological polar surface area (TPSA) is 71.2 Å². The fraction of sp³-hybridized carbons (Fsp3) is 0.0588. The van der Waals surface area contributed by atoms with E-state index in [0.29, 0.717) is 10.6 Å². The van der Waals surface area contributed by atoms with Gasteiger partial charge in [0.2, 0.25) is 0 Å². The summed E-state index contributed by atoms with van der Waals surface area (Å²) >= 11 is 17.8. The summed E-state index contributed by atoms with van der Waals surface area (Å²) in [5, 5.41) is 3.94. The molecule has 5 nitrogen and oxygen atoms in total. The van der Waals surface area contributed by atoms with Crippen LogP contribution in [0.25, 0.3) is 10.9 Å². The van der Waals surface area contributed by atoms with Crippen molar-refractivity contribution in [2.45, 2.75) is 0 Å². The zero-order chi connectivity index (χ0) is 18.0. The molecule has 8 heteroatoms. The molecule has 1 heterocycles. The molecule has 0 atom stereocenters. The molecule has 0 radical (unpaired) electrons. The van der Waals surface area contributed by atoms with Crippen molar-refractivity contribution in [1.82, 2.24) is 4.98 Å². The van der Waals surface area contributed by atoms with E-state index < -0.39 is 18.5 Å². The largest absolute Gasteiger partial charge is 0.452 e. The fourth-order valence-corrected chi connectivity index (χ4v) is 3.20. The summed E-state index contributed by atoms with van der Waals surface area (Å²) in [5.41, 5.74) is 1.37. The average Bonchev–Trinajstić information content (AvgIpc) is 3.00. The maximum absolute atomic E-state index is 12.2. The Balaban J connectivity index is 1.66. The van der Waals surface area contributed by atoms with Gasteiger partial charge in [0.25, 0.3) is 5.91 Å². The minimum atomic E-state index is -0.610. The molecule has 0 bridgehead atoms. The molecule has 2 aromatic carbocycles. The molecule has 3 rings (SSSR count). The van der Waals surface area contributed by atoms with E-state index in [1.807, 2.05) is 18.2 Å². The summed E-state index contributed by atoms with van der Waals surface area (Å²) in [5.74, 6) is -1.18. The van der Waals surface area contributed by atoms with Gasteiger partial charge in [-0.05, 0) is 18.2 Å². The Morgan fingerprint density at radius 3 is 2.48 bits per heavy atom. The molecule has 25 heavy (non-hydrogen) atoms. The van der Waals surface area contributed by atoms with Crippen LogP contribution in [0.15, 0.2) is 42.6 Å². The van der Waals surface area contributed by atoms with Crippen LogP contribution in [0, 0.1) is 0 Å². The normalized spacial score (nSPS) is 10.7. The number of amides is 1. The summed E-state index contributed by atoms with van der Waals surface area (Å²) in [6.07, 6.45) is 1.54. The molecule has 3 aromatic rings. The van der Waals surface area contributed by atoms with E-state index in [-0.39, 0.29) is 15.7 Å². The average molecular weight is 398 g/mol. The first-order valence-corrected chi connectivity index (χ1v) is 8.26. The van der Waals surface area contributed by atoms with E-state index >= 15 is 0 Å². The summed E-state index contributed by atoms with van der Waals surface area (Å²) < 4.78 is 5.05. The predicted octanol–water partition coefficient (Wildman–Crippen LogP) is 4.92. The van der Waals surface area contributed by atoms with Gasteiger partial charge in [0.15, 0.2) is 6.61 Å². The third-order valence-electron chi connectivity index (χ3n) is 3.41. The molecule has 2 N–H and O–H groups in total. The van der Waals surface area contributed by atoms with E-state index in [4.69, 9.17) is 39.5 Å². The first-order chi connectivity index (χ1) is 12.0. The quantitative estimate of drug-likeness (QED) is 0.614. The Bertz CT molecular complexity index is 946. The zero-order valence-electron chi connectivity index (χ0n) is 12.6. The lowest BCUT2D eigenvalue weighted by atomic mass is 10.2. The maximum atomic E-state index is 12.2. The smallest absolute Gasteiger partial charge is 0.340 e. The molecule has 0 aliphatic carbocycles. The van der Waals surface area contributed by atoms with Crippen LogP contribution < -0.4 is 5.32 Å². The number of benzene rings is 2. The van der Waals surface area contributed by atoms with Crippen LogP contribution in [0.3, 0.4) is 0 Å². The molecule has 1 aromatic heterocycles. The third-order valence-corrected chi connectivity index (χ3v) is 4.23. The second kappa shape index (κ2) is 7.35. The van der Waals surface area contributed by atoms with E-state index in [0.717, 1.165) is 10.9 Å². The van der Waals surface area contributed by atoms with Gasteiger partial charge in [0.05, 0.1) is 21.3 Å². The van der Waals surface area contributed by atoms with Gasteiger partial charge in [-0.15, -0.1) is 0 Å². The van der Waals surface area contributed by atoms with Crippen molar-refractivity contribution >= 4 is 63.3 Å². The van der Waals surface area contributed by atoms with Crippen molar-refractivity contribution in [3.8, 4) is 0 Å². The molecule has 0 saturated heterocycles. The predicted molar refractivity (Wildman–Crippen MR) is 98.7 cm³/mol. The number of nitrogens with one attached hydrogen (secondary N) is 2. The Kier molecular flexibility index (Phi) is 5.18. The van der Waals surface area contributed by atoms with Crippen LogP contribution in [0.1, 0.15) is 10.4 Å². The lowest BCUT2D eigenvalue weighted by Crippen LogP contribution is -2.21. The van der Waals surface area contributed by atoms with Crippen molar-refractivity contribution in [2.75, 3.05) is 11.9 Å². The minimum absolute atomic E-state index is 0.189. The summed E-state index contributed by atoms with van der Waals surface area (Å²) in [6, 6.07) is 10.2. The number of ether oxygens (including phenoxy) is 1. The van der Waals surface area contributed by atoms with Gasteiger partial charge < -0.3 is 15.0 Å². The van der Waals surface area contributed by atoms with Crippen LogP contribution >= 0.6 is 34.8 Å². The Morgan fingerprint density at radius 2 is 1.76 bits per heavy atom. The number of hydrogen-bond donors (Lipinski definition) is 2. The van der Waals surface area contributed by atoms with Crippen molar-refractivity contribution in [3.63, 3.8) is 0 Å². The van der Waals surface area contributed by atoms with Crippen LogP contribution in [0.5, 0.6) is 0 Å². The Hall–Kier alpha value is -2.21. The van der Waals surface area contributed by atoms with E-state index in [9.17, 15) is 9.59 Å². The number of carbonyl (C=O) groups is 2. The number of esters is 1.